The summed E-state index contributed by atoms with van der Waals surface area (Å²) in [6, 6.07) is 4.67. The third kappa shape index (κ3) is 7.69. The fourth-order valence-electron chi connectivity index (χ4n) is 2.86. The van der Waals surface area contributed by atoms with E-state index in [9.17, 15) is 9.18 Å². The number of carbonyl (C=O) groups is 1. The lowest BCUT2D eigenvalue weighted by molar-refractivity contribution is 0.111. The monoisotopic (exact) mass is 512 g/mol. The van der Waals surface area contributed by atoms with Crippen molar-refractivity contribution in [1.82, 2.24) is 15.5 Å². The van der Waals surface area contributed by atoms with Gasteiger partial charge in [-0.3, -0.25) is 4.99 Å². The van der Waals surface area contributed by atoms with Crippen molar-refractivity contribution >= 4 is 47.6 Å². The molecule has 152 valence electrons. The van der Waals surface area contributed by atoms with E-state index >= 15 is 0 Å². The van der Waals surface area contributed by atoms with E-state index in [-0.39, 0.29) is 41.9 Å². The number of benzene rings is 1. The molecule has 1 saturated heterocycles. The maximum atomic E-state index is 13.1. The second-order valence-electron chi connectivity index (χ2n) is 6.12. The number of nitrogens with one attached hydrogen (secondary N) is 2. The van der Waals surface area contributed by atoms with Crippen LogP contribution in [-0.4, -0.2) is 56.3 Å². The molecular weight excluding hydrogens is 486 g/mol. The topological polar surface area (TPSA) is 66.0 Å². The molecule has 0 aromatic heterocycles. The van der Waals surface area contributed by atoms with Crippen molar-refractivity contribution in [2.75, 3.05) is 33.3 Å². The van der Waals surface area contributed by atoms with Gasteiger partial charge in [-0.1, -0.05) is 17.7 Å². The lowest BCUT2D eigenvalue weighted by Gasteiger charge is -2.32. The van der Waals surface area contributed by atoms with E-state index in [4.69, 9.17) is 16.3 Å². The van der Waals surface area contributed by atoms with Gasteiger partial charge in [0.1, 0.15) is 5.82 Å². The van der Waals surface area contributed by atoms with Gasteiger partial charge in [-0.05, 0) is 43.9 Å². The van der Waals surface area contributed by atoms with Crippen LogP contribution < -0.4 is 10.6 Å². The Labute approximate surface area is 181 Å². The minimum atomic E-state index is -0.337. The molecule has 0 unspecified atom stereocenters. The van der Waals surface area contributed by atoms with Gasteiger partial charge in [0.2, 0.25) is 0 Å². The number of nitrogens with zero attached hydrogens (tertiary/aromatic N) is 2. The Hall–Kier alpha value is -1.29. The molecule has 2 N–H and O–H groups in total. The number of methoxy groups -OCH3 is 1. The minimum absolute atomic E-state index is 0. The van der Waals surface area contributed by atoms with E-state index in [1.54, 1.807) is 11.0 Å². The van der Waals surface area contributed by atoms with Crippen molar-refractivity contribution in [3.63, 3.8) is 0 Å². The van der Waals surface area contributed by atoms with Crippen LogP contribution in [0.15, 0.2) is 23.2 Å². The second-order valence-corrected chi connectivity index (χ2v) is 6.53. The number of rotatable bonds is 5. The molecular formula is C18H27ClFIN4O2. The summed E-state index contributed by atoms with van der Waals surface area (Å²) in [4.78, 5) is 17.8. The van der Waals surface area contributed by atoms with Crippen LogP contribution in [-0.2, 0) is 11.2 Å². The number of ether oxygens (including phenoxy) is 1. The Morgan fingerprint density at radius 3 is 2.70 bits per heavy atom. The Kier molecular flexibility index (Phi) is 10.8. The van der Waals surface area contributed by atoms with Gasteiger partial charge in [0.05, 0.1) is 7.11 Å². The van der Waals surface area contributed by atoms with Crippen LogP contribution in [0, 0.1) is 5.82 Å². The molecule has 1 aliphatic heterocycles. The summed E-state index contributed by atoms with van der Waals surface area (Å²) in [7, 11) is 1.40. The summed E-state index contributed by atoms with van der Waals surface area (Å²) in [5, 5.41) is 7.06. The molecule has 0 saturated carbocycles. The number of carbonyl (C=O) groups excluding carboxylic acids is 1. The van der Waals surface area contributed by atoms with Crippen LogP contribution in [0.3, 0.4) is 0 Å². The van der Waals surface area contributed by atoms with Crippen molar-refractivity contribution in [1.29, 1.82) is 0 Å². The quantitative estimate of drug-likeness (QED) is 0.360. The van der Waals surface area contributed by atoms with Crippen LogP contribution in [0.5, 0.6) is 0 Å². The average molecular weight is 513 g/mol. The van der Waals surface area contributed by atoms with Crippen LogP contribution in [0.1, 0.15) is 25.3 Å². The zero-order valence-corrected chi connectivity index (χ0v) is 18.7. The highest BCUT2D eigenvalue weighted by Gasteiger charge is 2.23. The van der Waals surface area contributed by atoms with Gasteiger partial charge in [-0.2, -0.15) is 0 Å². The summed E-state index contributed by atoms with van der Waals surface area (Å²) in [5.74, 6) is 0.401. The molecule has 6 nitrogen and oxygen atoms in total. The number of piperidine rings is 1. The van der Waals surface area contributed by atoms with Crippen molar-refractivity contribution < 1.29 is 13.9 Å². The zero-order valence-electron chi connectivity index (χ0n) is 15.6. The van der Waals surface area contributed by atoms with Crippen LogP contribution in [0.2, 0.25) is 5.02 Å². The fraction of sp³-hybridized carbons (Fsp3) is 0.556. The zero-order chi connectivity index (χ0) is 18.9. The Bertz CT molecular complexity index is 640. The molecule has 0 aliphatic carbocycles. The molecule has 1 heterocycles. The highest BCUT2D eigenvalue weighted by atomic mass is 127. The first-order valence-electron chi connectivity index (χ1n) is 8.85. The number of hydrogen-bond donors (Lipinski definition) is 2. The lowest BCUT2D eigenvalue weighted by Crippen LogP contribution is -2.49. The third-order valence-electron chi connectivity index (χ3n) is 4.28. The van der Waals surface area contributed by atoms with Gasteiger partial charge in [0, 0.05) is 37.2 Å². The molecule has 0 bridgehead atoms. The normalized spacial score (nSPS) is 15.1. The number of halogens is 3. The SMILES string of the molecule is CCNC(=NCCc1ccc(F)cc1Cl)NC1CCN(C(=O)OC)CC1.I. The number of guanidine groups is 1. The Morgan fingerprint density at radius 2 is 2.11 bits per heavy atom. The Morgan fingerprint density at radius 1 is 1.41 bits per heavy atom. The third-order valence-corrected chi connectivity index (χ3v) is 4.63. The van der Waals surface area contributed by atoms with Gasteiger partial charge in [0.25, 0.3) is 0 Å². The summed E-state index contributed by atoms with van der Waals surface area (Å²) in [5.41, 5.74) is 0.874. The standard InChI is InChI=1S/C18H26ClFN4O2.HI/c1-3-21-17(22-9-6-13-4-5-14(20)12-16(13)19)23-15-7-10-24(11-8-15)18(25)26-2;/h4-5,12,15H,3,6-11H2,1-2H3,(H2,21,22,23);1H. The predicted molar refractivity (Wildman–Crippen MR) is 117 cm³/mol. The maximum absolute atomic E-state index is 13.1. The van der Waals surface area contributed by atoms with E-state index < -0.39 is 0 Å². The molecule has 1 aromatic rings. The minimum Gasteiger partial charge on any atom is -0.453 e. The first-order valence-corrected chi connectivity index (χ1v) is 9.23. The van der Waals surface area contributed by atoms with Gasteiger partial charge in [0.15, 0.2) is 5.96 Å². The van der Waals surface area contributed by atoms with E-state index in [0.717, 1.165) is 30.9 Å². The molecule has 0 atom stereocenters. The number of likely N-dealkylation sites (tertiary alicyclic amines) is 1. The van der Waals surface area contributed by atoms with E-state index in [0.29, 0.717) is 31.1 Å². The molecule has 0 spiro atoms. The summed E-state index contributed by atoms with van der Waals surface area (Å²) >= 11 is 6.05. The van der Waals surface area contributed by atoms with Crippen molar-refractivity contribution in [3.05, 3.63) is 34.6 Å². The number of amides is 1. The van der Waals surface area contributed by atoms with Crippen molar-refractivity contribution in [2.45, 2.75) is 32.2 Å². The van der Waals surface area contributed by atoms with Crippen molar-refractivity contribution in [3.8, 4) is 0 Å². The number of hydrogen-bond acceptors (Lipinski definition) is 3. The maximum Gasteiger partial charge on any atom is 0.409 e. The van der Waals surface area contributed by atoms with E-state index in [1.165, 1.54) is 19.2 Å². The second kappa shape index (κ2) is 12.2. The van der Waals surface area contributed by atoms with Crippen LogP contribution in [0.4, 0.5) is 9.18 Å². The van der Waals surface area contributed by atoms with Gasteiger partial charge in [-0.15, -0.1) is 24.0 Å². The van der Waals surface area contributed by atoms with Gasteiger partial charge >= 0.3 is 6.09 Å². The molecule has 1 amide bonds. The average Bonchev–Trinajstić information content (AvgIpc) is 2.63. The predicted octanol–water partition coefficient (Wildman–Crippen LogP) is 3.43. The largest absolute Gasteiger partial charge is 0.453 e. The molecule has 27 heavy (non-hydrogen) atoms. The first-order chi connectivity index (χ1) is 12.5. The molecule has 2 rings (SSSR count). The van der Waals surface area contributed by atoms with Gasteiger partial charge < -0.3 is 20.3 Å². The van der Waals surface area contributed by atoms with E-state index in [2.05, 4.69) is 15.6 Å². The smallest absolute Gasteiger partial charge is 0.409 e. The number of aliphatic imine (C=N–C) groups is 1. The Balaban J connectivity index is 0.00000364. The molecule has 9 heteroatoms. The lowest BCUT2D eigenvalue weighted by atomic mass is 10.1. The molecule has 0 radical (unpaired) electrons. The van der Waals surface area contributed by atoms with Gasteiger partial charge in [-0.25, -0.2) is 9.18 Å². The van der Waals surface area contributed by atoms with E-state index in [1.807, 2.05) is 6.92 Å². The molecule has 1 aliphatic rings. The summed E-state index contributed by atoms with van der Waals surface area (Å²) < 4.78 is 17.8. The molecule has 1 fully saturated rings. The highest BCUT2D eigenvalue weighted by molar-refractivity contribution is 14.0. The highest BCUT2D eigenvalue weighted by Crippen LogP contribution is 2.17. The fourth-order valence-corrected chi connectivity index (χ4v) is 3.12. The van der Waals surface area contributed by atoms with Crippen LogP contribution in [0.25, 0.3) is 0 Å². The summed E-state index contributed by atoms with van der Waals surface area (Å²) in [6.07, 6.45) is 2.03. The first kappa shape index (κ1) is 23.7. The van der Waals surface area contributed by atoms with Crippen molar-refractivity contribution in [2.24, 2.45) is 4.99 Å². The summed E-state index contributed by atoms with van der Waals surface area (Å²) in [6.45, 7) is 4.63. The molecule has 1 aromatic carbocycles. The van der Waals surface area contributed by atoms with Crippen LogP contribution >= 0.6 is 35.6 Å².